The van der Waals surface area contributed by atoms with E-state index in [9.17, 15) is 13.6 Å². The molecule has 0 heterocycles. The fraction of sp³-hybridized carbons (Fsp3) is 0.0714. The number of halogens is 3. The van der Waals surface area contributed by atoms with Gasteiger partial charge in [0.2, 0.25) is 0 Å². The van der Waals surface area contributed by atoms with Gasteiger partial charge in [-0.25, -0.2) is 8.78 Å². The van der Waals surface area contributed by atoms with Gasteiger partial charge in [0.1, 0.15) is 11.6 Å². The van der Waals surface area contributed by atoms with Crippen LogP contribution >= 0.6 is 15.9 Å². The maximum Gasteiger partial charge on any atom is 0.255 e. The van der Waals surface area contributed by atoms with E-state index in [4.69, 9.17) is 5.73 Å². The molecule has 0 fully saturated rings. The monoisotopic (exact) mass is 340 g/mol. The Labute approximate surface area is 122 Å². The molecule has 3 nitrogen and oxygen atoms in total. The highest BCUT2D eigenvalue weighted by molar-refractivity contribution is 9.10. The molecule has 0 aromatic heterocycles. The average Bonchev–Trinajstić information content (AvgIpc) is 2.34. The van der Waals surface area contributed by atoms with E-state index >= 15 is 0 Å². The molecule has 2 aromatic rings. The molecule has 2 rings (SSSR count). The van der Waals surface area contributed by atoms with Crippen LogP contribution in [0.3, 0.4) is 0 Å². The minimum atomic E-state index is -0.878. The van der Waals surface area contributed by atoms with Gasteiger partial charge in [-0.05, 0) is 36.8 Å². The smallest absolute Gasteiger partial charge is 0.255 e. The number of carbonyl (C=O) groups excluding carboxylic acids is 1. The number of hydrogen-bond acceptors (Lipinski definition) is 2. The number of carbonyl (C=O) groups is 1. The van der Waals surface area contributed by atoms with Gasteiger partial charge in [-0.2, -0.15) is 0 Å². The number of nitrogens with two attached hydrogens (primary N) is 1. The normalized spacial score (nSPS) is 10.4. The number of anilines is 2. The Morgan fingerprint density at radius 1 is 1.15 bits per heavy atom. The van der Waals surface area contributed by atoms with Crippen molar-refractivity contribution in [2.45, 2.75) is 6.92 Å². The highest BCUT2D eigenvalue weighted by atomic mass is 79.9. The molecule has 6 heteroatoms. The maximum absolute atomic E-state index is 13.5. The average molecular weight is 341 g/mol. The Morgan fingerprint density at radius 3 is 2.50 bits per heavy atom. The van der Waals surface area contributed by atoms with Crippen LogP contribution in [0.15, 0.2) is 34.8 Å². The van der Waals surface area contributed by atoms with Crippen LogP contribution in [0.25, 0.3) is 0 Å². The fourth-order valence-electron chi connectivity index (χ4n) is 1.72. The summed E-state index contributed by atoms with van der Waals surface area (Å²) in [5.41, 5.74) is 6.20. The van der Waals surface area contributed by atoms with Gasteiger partial charge in [0, 0.05) is 16.1 Å². The second-order valence-corrected chi connectivity index (χ2v) is 5.24. The third kappa shape index (κ3) is 3.14. The van der Waals surface area contributed by atoms with Gasteiger partial charge < -0.3 is 11.1 Å². The predicted molar refractivity (Wildman–Crippen MR) is 77.6 cm³/mol. The lowest BCUT2D eigenvalue weighted by molar-refractivity contribution is 0.102. The minimum Gasteiger partial charge on any atom is -0.396 e. The van der Waals surface area contributed by atoms with Crippen LogP contribution in [0, 0.1) is 18.6 Å². The second kappa shape index (κ2) is 5.58. The van der Waals surface area contributed by atoms with E-state index in [1.165, 1.54) is 0 Å². The molecule has 0 aliphatic heterocycles. The van der Waals surface area contributed by atoms with Crippen molar-refractivity contribution in [3.8, 4) is 0 Å². The summed E-state index contributed by atoms with van der Waals surface area (Å²) in [6.07, 6.45) is 0. The lowest BCUT2D eigenvalue weighted by Gasteiger charge is -2.09. The summed E-state index contributed by atoms with van der Waals surface area (Å²) in [4.78, 5) is 12.0. The van der Waals surface area contributed by atoms with Crippen LogP contribution in [0.4, 0.5) is 20.2 Å². The van der Waals surface area contributed by atoms with Gasteiger partial charge >= 0.3 is 0 Å². The molecule has 1 amide bonds. The summed E-state index contributed by atoms with van der Waals surface area (Å²) in [5, 5.41) is 2.37. The maximum atomic E-state index is 13.5. The Morgan fingerprint density at radius 2 is 1.85 bits per heavy atom. The first kappa shape index (κ1) is 14.5. The van der Waals surface area contributed by atoms with Gasteiger partial charge in [0.15, 0.2) is 0 Å². The van der Waals surface area contributed by atoms with Gasteiger partial charge in [0.05, 0.1) is 11.4 Å². The molecule has 0 bridgehead atoms. The van der Waals surface area contributed by atoms with E-state index in [2.05, 4.69) is 21.2 Å². The molecule has 0 spiro atoms. The molecular weight excluding hydrogens is 330 g/mol. The zero-order valence-corrected chi connectivity index (χ0v) is 12.1. The van der Waals surface area contributed by atoms with Gasteiger partial charge in [-0.1, -0.05) is 15.9 Å². The summed E-state index contributed by atoms with van der Waals surface area (Å²) in [6, 6.07) is 6.79. The van der Waals surface area contributed by atoms with Crippen molar-refractivity contribution >= 4 is 33.2 Å². The lowest BCUT2D eigenvalue weighted by atomic mass is 10.1. The molecule has 2 aromatic carbocycles. The first-order valence-corrected chi connectivity index (χ1v) is 6.49. The Kier molecular flexibility index (Phi) is 4.04. The summed E-state index contributed by atoms with van der Waals surface area (Å²) >= 11 is 3.28. The van der Waals surface area contributed by atoms with E-state index in [-0.39, 0.29) is 11.4 Å². The topological polar surface area (TPSA) is 55.1 Å². The Hall–Kier alpha value is -1.95. The van der Waals surface area contributed by atoms with Crippen molar-refractivity contribution in [2.24, 2.45) is 0 Å². The summed E-state index contributed by atoms with van der Waals surface area (Å²) in [6.45, 7) is 1.83. The van der Waals surface area contributed by atoms with E-state index in [1.54, 1.807) is 12.1 Å². The van der Waals surface area contributed by atoms with Crippen molar-refractivity contribution in [3.63, 3.8) is 0 Å². The number of benzene rings is 2. The van der Waals surface area contributed by atoms with Gasteiger partial charge in [-0.15, -0.1) is 0 Å². The lowest BCUT2D eigenvalue weighted by Crippen LogP contribution is -2.14. The quantitative estimate of drug-likeness (QED) is 0.815. The van der Waals surface area contributed by atoms with Crippen molar-refractivity contribution in [2.75, 3.05) is 11.1 Å². The first-order valence-electron chi connectivity index (χ1n) is 5.70. The van der Waals surface area contributed by atoms with Crippen LogP contribution in [-0.4, -0.2) is 5.91 Å². The first-order chi connectivity index (χ1) is 9.36. The summed E-state index contributed by atoms with van der Waals surface area (Å²) in [5.74, 6) is -2.24. The van der Waals surface area contributed by atoms with Crippen LogP contribution in [0.2, 0.25) is 0 Å². The fourth-order valence-corrected chi connectivity index (χ4v) is 2.33. The third-order valence-electron chi connectivity index (χ3n) is 2.64. The largest absolute Gasteiger partial charge is 0.396 e. The van der Waals surface area contributed by atoms with Crippen LogP contribution < -0.4 is 11.1 Å². The second-order valence-electron chi connectivity index (χ2n) is 4.32. The van der Waals surface area contributed by atoms with Crippen LogP contribution in [0.5, 0.6) is 0 Å². The molecule has 0 aliphatic carbocycles. The zero-order valence-electron chi connectivity index (χ0n) is 10.5. The molecule has 0 saturated heterocycles. The van der Waals surface area contributed by atoms with E-state index in [0.717, 1.165) is 16.1 Å². The molecule has 0 saturated carbocycles. The highest BCUT2D eigenvalue weighted by Gasteiger charge is 2.13. The number of nitrogen functional groups attached to an aromatic ring is 1. The number of hydrogen-bond donors (Lipinski definition) is 2. The predicted octanol–water partition coefficient (Wildman–Crippen LogP) is 3.87. The summed E-state index contributed by atoms with van der Waals surface area (Å²) in [7, 11) is 0. The van der Waals surface area contributed by atoms with Gasteiger partial charge in [0.25, 0.3) is 5.91 Å². The molecule has 0 aliphatic rings. The van der Waals surface area contributed by atoms with Crippen LogP contribution in [-0.2, 0) is 0 Å². The molecule has 0 unspecified atom stereocenters. The molecule has 0 radical (unpaired) electrons. The number of nitrogens with one attached hydrogen (secondary N) is 1. The molecule has 20 heavy (non-hydrogen) atoms. The SMILES string of the molecule is Cc1cc(Br)cc(C(=O)Nc2cc(N)c(F)cc2F)c1. The number of rotatable bonds is 2. The Balaban J connectivity index is 2.30. The standard InChI is InChI=1S/C14H11BrF2N2O/c1-7-2-8(4-9(15)3-7)14(20)19-13-6-12(18)10(16)5-11(13)17/h2-6H,18H2,1H3,(H,19,20). The van der Waals surface area contributed by atoms with E-state index < -0.39 is 17.5 Å². The molecule has 0 atom stereocenters. The van der Waals surface area contributed by atoms with Crippen molar-refractivity contribution in [3.05, 3.63) is 57.6 Å². The molecular formula is C14H11BrF2N2O. The van der Waals surface area contributed by atoms with Gasteiger partial charge in [-0.3, -0.25) is 4.79 Å². The summed E-state index contributed by atoms with van der Waals surface area (Å²) < 4.78 is 27.3. The zero-order chi connectivity index (χ0) is 14.9. The number of aryl methyl sites for hydroxylation is 1. The molecule has 3 N–H and O–H groups in total. The van der Waals surface area contributed by atoms with Crippen molar-refractivity contribution in [1.29, 1.82) is 0 Å². The minimum absolute atomic E-state index is 0.161. The highest BCUT2D eigenvalue weighted by Crippen LogP contribution is 2.22. The van der Waals surface area contributed by atoms with E-state index in [0.29, 0.717) is 11.6 Å². The van der Waals surface area contributed by atoms with Crippen LogP contribution in [0.1, 0.15) is 15.9 Å². The van der Waals surface area contributed by atoms with Crippen molar-refractivity contribution in [1.82, 2.24) is 0 Å². The Bertz CT molecular complexity index is 669. The van der Waals surface area contributed by atoms with Crippen molar-refractivity contribution < 1.29 is 13.6 Å². The molecule has 104 valence electrons. The number of amides is 1. The third-order valence-corrected chi connectivity index (χ3v) is 3.10. The van der Waals surface area contributed by atoms with E-state index in [1.807, 2.05) is 13.0 Å².